The SMILES string of the molecule is Cn1cccc1/C=N/NC(=O)CSc1nnc(-c2ccc(Cl)cc2)n1-c1ccc(Cl)cc1. The molecule has 1 amide bonds. The molecular weight excluding hydrogens is 467 g/mol. The zero-order valence-corrected chi connectivity index (χ0v) is 19.3. The van der Waals surface area contributed by atoms with E-state index in [1.165, 1.54) is 11.8 Å². The van der Waals surface area contributed by atoms with Crippen molar-refractivity contribution in [1.82, 2.24) is 24.8 Å². The number of halogens is 2. The van der Waals surface area contributed by atoms with Crippen molar-refractivity contribution in [2.24, 2.45) is 12.1 Å². The predicted molar refractivity (Wildman–Crippen MR) is 129 cm³/mol. The molecule has 0 aliphatic rings. The highest BCUT2D eigenvalue weighted by Crippen LogP contribution is 2.29. The summed E-state index contributed by atoms with van der Waals surface area (Å²) in [4.78, 5) is 12.3. The van der Waals surface area contributed by atoms with Gasteiger partial charge in [0.2, 0.25) is 0 Å². The number of thioether (sulfide) groups is 1. The number of aryl methyl sites for hydroxylation is 1. The van der Waals surface area contributed by atoms with E-state index in [-0.39, 0.29) is 11.7 Å². The molecular formula is C22H18Cl2N6OS. The number of aromatic nitrogens is 4. The minimum atomic E-state index is -0.251. The lowest BCUT2D eigenvalue weighted by atomic mass is 10.2. The molecule has 0 aliphatic heterocycles. The molecule has 0 saturated heterocycles. The monoisotopic (exact) mass is 484 g/mol. The number of benzene rings is 2. The minimum absolute atomic E-state index is 0.122. The molecule has 0 aliphatic carbocycles. The molecule has 2 aromatic heterocycles. The molecule has 0 spiro atoms. The summed E-state index contributed by atoms with van der Waals surface area (Å²) >= 11 is 13.3. The molecule has 0 radical (unpaired) electrons. The Labute approximate surface area is 199 Å². The molecule has 0 unspecified atom stereocenters. The molecule has 162 valence electrons. The second-order valence-corrected chi connectivity index (χ2v) is 8.57. The van der Waals surface area contributed by atoms with Crippen LogP contribution in [0.15, 0.2) is 77.1 Å². The molecule has 4 rings (SSSR count). The van der Waals surface area contributed by atoms with Crippen LogP contribution in [0.2, 0.25) is 10.0 Å². The van der Waals surface area contributed by atoms with E-state index in [0.29, 0.717) is 21.0 Å². The Kier molecular flexibility index (Phi) is 6.94. The summed E-state index contributed by atoms with van der Waals surface area (Å²) in [5.74, 6) is 0.504. The Morgan fingerprint density at radius 2 is 1.75 bits per heavy atom. The normalized spacial score (nSPS) is 11.2. The van der Waals surface area contributed by atoms with Crippen LogP contribution in [-0.4, -0.2) is 37.2 Å². The maximum Gasteiger partial charge on any atom is 0.250 e. The number of nitrogens with one attached hydrogen (secondary N) is 1. The predicted octanol–water partition coefficient (Wildman–Crippen LogP) is 4.82. The topological polar surface area (TPSA) is 77.1 Å². The third-order valence-corrected chi connectivity index (χ3v) is 5.96. The average molecular weight is 485 g/mol. The van der Waals surface area contributed by atoms with Gasteiger partial charge in [0.25, 0.3) is 5.91 Å². The summed E-state index contributed by atoms with van der Waals surface area (Å²) < 4.78 is 3.78. The maximum absolute atomic E-state index is 12.3. The minimum Gasteiger partial charge on any atom is -0.350 e. The number of hydrogen-bond acceptors (Lipinski definition) is 5. The van der Waals surface area contributed by atoms with Crippen molar-refractivity contribution in [2.45, 2.75) is 5.16 Å². The van der Waals surface area contributed by atoms with Gasteiger partial charge in [-0.1, -0.05) is 35.0 Å². The first-order chi connectivity index (χ1) is 15.5. The largest absolute Gasteiger partial charge is 0.350 e. The Morgan fingerprint density at radius 3 is 2.41 bits per heavy atom. The van der Waals surface area contributed by atoms with Gasteiger partial charge in [0, 0.05) is 34.5 Å². The van der Waals surface area contributed by atoms with Crippen LogP contribution >= 0.6 is 35.0 Å². The number of carbonyl (C=O) groups excluding carboxylic acids is 1. The van der Waals surface area contributed by atoms with Crippen molar-refractivity contribution in [1.29, 1.82) is 0 Å². The van der Waals surface area contributed by atoms with Gasteiger partial charge in [0.15, 0.2) is 11.0 Å². The maximum atomic E-state index is 12.3. The quantitative estimate of drug-likeness (QED) is 0.231. The van der Waals surface area contributed by atoms with E-state index in [9.17, 15) is 4.79 Å². The van der Waals surface area contributed by atoms with Gasteiger partial charge < -0.3 is 4.57 Å². The summed E-state index contributed by atoms with van der Waals surface area (Å²) in [5.41, 5.74) is 5.09. The van der Waals surface area contributed by atoms with Crippen LogP contribution in [0.4, 0.5) is 0 Å². The Bertz CT molecular complexity index is 1250. The zero-order valence-electron chi connectivity index (χ0n) is 16.9. The van der Waals surface area contributed by atoms with Crippen LogP contribution in [0.1, 0.15) is 5.69 Å². The van der Waals surface area contributed by atoms with E-state index < -0.39 is 0 Å². The van der Waals surface area contributed by atoms with Gasteiger partial charge in [-0.3, -0.25) is 9.36 Å². The summed E-state index contributed by atoms with van der Waals surface area (Å²) in [6, 6.07) is 18.5. The van der Waals surface area contributed by atoms with Crippen molar-refractivity contribution in [3.8, 4) is 17.1 Å². The second kappa shape index (κ2) is 10.0. The number of amides is 1. The zero-order chi connectivity index (χ0) is 22.5. The van der Waals surface area contributed by atoms with Crippen molar-refractivity contribution in [2.75, 3.05) is 5.75 Å². The van der Waals surface area contributed by atoms with Gasteiger partial charge in [-0.25, -0.2) is 5.43 Å². The fourth-order valence-corrected chi connectivity index (χ4v) is 3.91. The number of carbonyl (C=O) groups is 1. The standard InChI is InChI=1S/C22H18Cl2N6OS/c1-29-12-2-3-19(29)13-25-26-20(31)14-32-22-28-27-21(15-4-6-16(23)7-5-15)30(22)18-10-8-17(24)9-11-18/h2-13H,14H2,1H3,(H,26,31)/b25-13+. The van der Waals surface area contributed by atoms with E-state index in [0.717, 1.165) is 16.9 Å². The smallest absolute Gasteiger partial charge is 0.250 e. The van der Waals surface area contributed by atoms with Gasteiger partial charge in [0.1, 0.15) is 0 Å². The molecule has 4 aromatic rings. The third kappa shape index (κ3) is 5.21. The van der Waals surface area contributed by atoms with E-state index in [1.54, 1.807) is 30.5 Å². The number of rotatable bonds is 7. The molecule has 0 bridgehead atoms. The van der Waals surface area contributed by atoms with Gasteiger partial charge in [-0.2, -0.15) is 5.10 Å². The van der Waals surface area contributed by atoms with Crippen LogP contribution in [0, 0.1) is 0 Å². The molecule has 0 atom stereocenters. The van der Waals surface area contributed by atoms with E-state index in [2.05, 4.69) is 20.7 Å². The Hall–Kier alpha value is -3.07. The van der Waals surface area contributed by atoms with Gasteiger partial charge in [0.05, 0.1) is 17.7 Å². The van der Waals surface area contributed by atoms with Gasteiger partial charge in [-0.15, -0.1) is 10.2 Å². The first-order valence-corrected chi connectivity index (χ1v) is 11.3. The lowest BCUT2D eigenvalue weighted by molar-refractivity contribution is -0.118. The van der Waals surface area contributed by atoms with Crippen LogP contribution < -0.4 is 5.43 Å². The highest BCUT2D eigenvalue weighted by Gasteiger charge is 2.17. The highest BCUT2D eigenvalue weighted by molar-refractivity contribution is 7.99. The Morgan fingerprint density at radius 1 is 1.06 bits per heavy atom. The molecule has 2 heterocycles. The van der Waals surface area contributed by atoms with Crippen LogP contribution in [0.25, 0.3) is 17.1 Å². The Balaban J connectivity index is 1.53. The van der Waals surface area contributed by atoms with Gasteiger partial charge in [-0.05, 0) is 60.7 Å². The fourth-order valence-electron chi connectivity index (χ4n) is 2.91. The molecule has 10 heteroatoms. The van der Waals surface area contributed by atoms with E-state index >= 15 is 0 Å². The van der Waals surface area contributed by atoms with Crippen LogP contribution in [0.5, 0.6) is 0 Å². The lowest BCUT2D eigenvalue weighted by Gasteiger charge is -2.10. The molecule has 1 N–H and O–H groups in total. The van der Waals surface area contributed by atoms with Crippen LogP contribution in [0.3, 0.4) is 0 Å². The third-order valence-electron chi connectivity index (χ3n) is 4.52. The number of nitrogens with zero attached hydrogens (tertiary/aromatic N) is 5. The van der Waals surface area contributed by atoms with Crippen LogP contribution in [-0.2, 0) is 11.8 Å². The average Bonchev–Trinajstić information content (AvgIpc) is 3.40. The van der Waals surface area contributed by atoms with Crippen molar-refractivity contribution < 1.29 is 4.79 Å². The number of hydrogen-bond donors (Lipinski definition) is 1. The summed E-state index contributed by atoms with van der Waals surface area (Å²) in [7, 11) is 1.90. The summed E-state index contributed by atoms with van der Waals surface area (Å²) in [5, 5.41) is 14.5. The second-order valence-electron chi connectivity index (χ2n) is 6.75. The first kappa shape index (κ1) is 22.1. The summed E-state index contributed by atoms with van der Waals surface area (Å²) in [6.07, 6.45) is 3.50. The van der Waals surface area contributed by atoms with Crippen molar-refractivity contribution in [3.63, 3.8) is 0 Å². The van der Waals surface area contributed by atoms with Crippen molar-refractivity contribution in [3.05, 3.63) is 82.6 Å². The van der Waals surface area contributed by atoms with E-state index in [4.69, 9.17) is 23.2 Å². The summed E-state index contributed by atoms with van der Waals surface area (Å²) in [6.45, 7) is 0. The fraction of sp³-hybridized carbons (Fsp3) is 0.0909. The molecule has 2 aromatic carbocycles. The van der Waals surface area contributed by atoms with E-state index in [1.807, 2.05) is 58.8 Å². The van der Waals surface area contributed by atoms with Crippen molar-refractivity contribution >= 4 is 47.1 Å². The van der Waals surface area contributed by atoms with Gasteiger partial charge >= 0.3 is 0 Å². The molecule has 32 heavy (non-hydrogen) atoms. The molecule has 0 fully saturated rings. The molecule has 7 nitrogen and oxygen atoms in total. The molecule has 0 saturated carbocycles. The number of hydrazone groups is 1. The lowest BCUT2D eigenvalue weighted by Crippen LogP contribution is -2.20. The highest BCUT2D eigenvalue weighted by atomic mass is 35.5. The first-order valence-electron chi connectivity index (χ1n) is 9.54.